The third kappa shape index (κ3) is 4.73. The maximum Gasteiger partial charge on any atom is 0.349 e. The third-order valence-electron chi connectivity index (χ3n) is 4.16. The molecule has 0 aliphatic heterocycles. The first-order valence-electron chi connectivity index (χ1n) is 8.97. The SMILES string of the molecule is CCOC(=O)c1c(NC(=O)COC(=O)/C(C#N)=C/c2ccco2)sc2c1CCC2. The molecule has 0 unspecified atom stereocenters. The molecule has 9 heteroatoms. The molecule has 1 N–H and O–H groups in total. The molecule has 2 heterocycles. The van der Waals surface area contributed by atoms with E-state index in [1.807, 2.05) is 0 Å². The maximum absolute atomic E-state index is 12.3. The van der Waals surface area contributed by atoms with Gasteiger partial charge in [0.25, 0.3) is 5.91 Å². The van der Waals surface area contributed by atoms with Crippen LogP contribution in [0.3, 0.4) is 0 Å². The number of carbonyl (C=O) groups is 3. The van der Waals surface area contributed by atoms with Gasteiger partial charge in [0.1, 0.15) is 22.4 Å². The Morgan fingerprint density at radius 1 is 1.34 bits per heavy atom. The summed E-state index contributed by atoms with van der Waals surface area (Å²) in [7, 11) is 0. The number of nitrogens with one attached hydrogen (secondary N) is 1. The number of nitriles is 1. The summed E-state index contributed by atoms with van der Waals surface area (Å²) < 4.78 is 15.1. The van der Waals surface area contributed by atoms with Crippen molar-refractivity contribution in [3.05, 3.63) is 45.7 Å². The monoisotopic (exact) mass is 414 g/mol. The molecule has 1 aliphatic carbocycles. The standard InChI is InChI=1S/C20H18N2O6S/c1-2-26-20(25)17-14-6-3-7-15(14)29-18(17)22-16(23)11-28-19(24)12(10-21)9-13-5-4-8-27-13/h4-5,8-9H,2-3,6-7,11H2,1H3,(H,22,23)/b12-9+. The minimum Gasteiger partial charge on any atom is -0.465 e. The number of aryl methyl sites for hydroxylation is 1. The maximum atomic E-state index is 12.3. The van der Waals surface area contributed by atoms with Gasteiger partial charge in [-0.05, 0) is 43.9 Å². The van der Waals surface area contributed by atoms with Gasteiger partial charge in [0.05, 0.1) is 18.4 Å². The second-order valence-electron chi connectivity index (χ2n) is 6.09. The van der Waals surface area contributed by atoms with E-state index in [4.69, 9.17) is 19.2 Å². The zero-order valence-corrected chi connectivity index (χ0v) is 16.5. The summed E-state index contributed by atoms with van der Waals surface area (Å²) in [4.78, 5) is 37.6. The third-order valence-corrected chi connectivity index (χ3v) is 5.37. The van der Waals surface area contributed by atoms with Crippen LogP contribution in [0.25, 0.3) is 6.08 Å². The van der Waals surface area contributed by atoms with E-state index in [0.717, 1.165) is 29.7 Å². The molecule has 1 aliphatic rings. The van der Waals surface area contributed by atoms with Gasteiger partial charge < -0.3 is 19.2 Å². The number of fused-ring (bicyclic) bond motifs is 1. The summed E-state index contributed by atoms with van der Waals surface area (Å²) in [6.45, 7) is 1.35. The molecule has 2 aromatic rings. The number of anilines is 1. The Hall–Kier alpha value is -3.38. The van der Waals surface area contributed by atoms with Gasteiger partial charge in [0, 0.05) is 11.0 Å². The number of rotatable bonds is 7. The summed E-state index contributed by atoms with van der Waals surface area (Å²) >= 11 is 1.33. The zero-order valence-electron chi connectivity index (χ0n) is 15.6. The predicted octanol–water partition coefficient (Wildman–Crippen LogP) is 3.10. The topological polar surface area (TPSA) is 119 Å². The van der Waals surface area contributed by atoms with Crippen molar-refractivity contribution in [2.75, 3.05) is 18.5 Å². The van der Waals surface area contributed by atoms with Crippen LogP contribution in [-0.4, -0.2) is 31.1 Å². The van der Waals surface area contributed by atoms with Crippen molar-refractivity contribution < 1.29 is 28.3 Å². The molecular formula is C20H18N2O6S. The van der Waals surface area contributed by atoms with E-state index in [9.17, 15) is 14.4 Å². The molecule has 29 heavy (non-hydrogen) atoms. The molecule has 0 bridgehead atoms. The Morgan fingerprint density at radius 3 is 2.86 bits per heavy atom. The lowest BCUT2D eigenvalue weighted by atomic mass is 10.1. The summed E-state index contributed by atoms with van der Waals surface area (Å²) in [6, 6.07) is 4.90. The fourth-order valence-corrected chi connectivity index (χ4v) is 4.23. The van der Waals surface area contributed by atoms with E-state index in [2.05, 4.69) is 5.32 Å². The largest absolute Gasteiger partial charge is 0.465 e. The van der Waals surface area contributed by atoms with E-state index in [1.54, 1.807) is 25.1 Å². The second kappa shape index (κ2) is 9.21. The van der Waals surface area contributed by atoms with Crippen LogP contribution in [0.1, 0.15) is 39.9 Å². The molecule has 0 saturated carbocycles. The Balaban J connectivity index is 1.65. The number of ether oxygens (including phenoxy) is 2. The number of nitrogens with zero attached hydrogens (tertiary/aromatic N) is 1. The molecule has 0 radical (unpaired) electrons. The van der Waals surface area contributed by atoms with Crippen LogP contribution in [0.5, 0.6) is 0 Å². The molecule has 3 rings (SSSR count). The van der Waals surface area contributed by atoms with Crippen molar-refractivity contribution in [2.24, 2.45) is 0 Å². The minimum absolute atomic E-state index is 0.230. The molecule has 0 saturated heterocycles. The van der Waals surface area contributed by atoms with Gasteiger partial charge in [-0.3, -0.25) is 4.79 Å². The highest BCUT2D eigenvalue weighted by Crippen LogP contribution is 2.39. The Labute approximate surface area is 170 Å². The quantitative estimate of drug-likeness (QED) is 0.420. The summed E-state index contributed by atoms with van der Waals surface area (Å²) in [5, 5.41) is 12.1. The smallest absolute Gasteiger partial charge is 0.349 e. The molecule has 1 amide bonds. The Morgan fingerprint density at radius 2 is 2.17 bits per heavy atom. The molecular weight excluding hydrogens is 396 g/mol. The Bertz CT molecular complexity index is 997. The molecule has 0 spiro atoms. The number of thiophene rings is 1. The van der Waals surface area contributed by atoms with Crippen molar-refractivity contribution in [1.82, 2.24) is 0 Å². The first kappa shape index (κ1) is 20.4. The highest BCUT2D eigenvalue weighted by atomic mass is 32.1. The van der Waals surface area contributed by atoms with E-state index >= 15 is 0 Å². The summed E-state index contributed by atoms with van der Waals surface area (Å²) in [6.07, 6.45) is 5.19. The average molecular weight is 414 g/mol. The molecule has 2 aromatic heterocycles. The van der Waals surface area contributed by atoms with Crippen LogP contribution in [0.15, 0.2) is 28.4 Å². The van der Waals surface area contributed by atoms with Gasteiger partial charge in [-0.15, -0.1) is 11.3 Å². The van der Waals surface area contributed by atoms with Crippen molar-refractivity contribution in [3.63, 3.8) is 0 Å². The van der Waals surface area contributed by atoms with Crippen LogP contribution >= 0.6 is 11.3 Å². The van der Waals surface area contributed by atoms with Crippen LogP contribution < -0.4 is 5.32 Å². The summed E-state index contributed by atoms with van der Waals surface area (Å²) in [5.74, 6) is -1.72. The number of furan rings is 1. The van der Waals surface area contributed by atoms with Gasteiger partial charge in [0.15, 0.2) is 6.61 Å². The highest BCUT2D eigenvalue weighted by molar-refractivity contribution is 7.17. The second-order valence-corrected chi connectivity index (χ2v) is 7.20. The first-order valence-corrected chi connectivity index (χ1v) is 9.79. The average Bonchev–Trinajstić information content (AvgIpc) is 3.42. The van der Waals surface area contributed by atoms with Crippen molar-refractivity contribution in [3.8, 4) is 6.07 Å². The van der Waals surface area contributed by atoms with Crippen LogP contribution in [-0.2, 0) is 31.9 Å². The lowest BCUT2D eigenvalue weighted by Crippen LogP contribution is -2.22. The fraction of sp³-hybridized carbons (Fsp3) is 0.300. The van der Waals surface area contributed by atoms with Gasteiger partial charge in [-0.1, -0.05) is 0 Å². The molecule has 0 fully saturated rings. The Kier molecular flexibility index (Phi) is 6.46. The van der Waals surface area contributed by atoms with E-state index in [1.165, 1.54) is 23.7 Å². The normalized spacial score (nSPS) is 12.8. The zero-order chi connectivity index (χ0) is 20.8. The first-order chi connectivity index (χ1) is 14.0. The molecule has 150 valence electrons. The fourth-order valence-electron chi connectivity index (χ4n) is 2.94. The van der Waals surface area contributed by atoms with Gasteiger partial charge in [-0.25, -0.2) is 9.59 Å². The lowest BCUT2D eigenvalue weighted by molar-refractivity contribution is -0.142. The lowest BCUT2D eigenvalue weighted by Gasteiger charge is -2.08. The van der Waals surface area contributed by atoms with Crippen molar-refractivity contribution in [1.29, 1.82) is 5.26 Å². The summed E-state index contributed by atoms with van der Waals surface area (Å²) in [5.41, 5.74) is 0.989. The van der Waals surface area contributed by atoms with Crippen LogP contribution in [0, 0.1) is 11.3 Å². The van der Waals surface area contributed by atoms with Gasteiger partial charge >= 0.3 is 11.9 Å². The number of hydrogen-bond donors (Lipinski definition) is 1. The van der Waals surface area contributed by atoms with Crippen molar-refractivity contribution >= 4 is 40.3 Å². The van der Waals surface area contributed by atoms with Crippen LogP contribution in [0.4, 0.5) is 5.00 Å². The predicted molar refractivity (Wildman–Crippen MR) is 104 cm³/mol. The van der Waals surface area contributed by atoms with E-state index < -0.39 is 24.5 Å². The molecule has 0 atom stereocenters. The minimum atomic E-state index is -0.946. The van der Waals surface area contributed by atoms with Gasteiger partial charge in [0.2, 0.25) is 0 Å². The van der Waals surface area contributed by atoms with Crippen LogP contribution in [0.2, 0.25) is 0 Å². The number of hydrogen-bond acceptors (Lipinski definition) is 8. The number of amides is 1. The highest BCUT2D eigenvalue weighted by Gasteiger charge is 2.28. The number of carbonyl (C=O) groups excluding carboxylic acids is 3. The number of esters is 2. The van der Waals surface area contributed by atoms with E-state index in [0.29, 0.717) is 16.3 Å². The molecule has 0 aromatic carbocycles. The molecule has 8 nitrogen and oxygen atoms in total. The van der Waals surface area contributed by atoms with Gasteiger partial charge in [-0.2, -0.15) is 5.26 Å². The van der Waals surface area contributed by atoms with E-state index in [-0.39, 0.29) is 12.2 Å². The van der Waals surface area contributed by atoms with Crippen molar-refractivity contribution in [2.45, 2.75) is 26.2 Å².